The first-order chi connectivity index (χ1) is 13.1. The highest BCUT2D eigenvalue weighted by atomic mass is 16.5. The number of nitrogens with zero attached hydrogens (tertiary/aromatic N) is 4. The second-order valence-corrected chi connectivity index (χ2v) is 6.69. The molecule has 1 unspecified atom stereocenters. The summed E-state index contributed by atoms with van der Waals surface area (Å²) in [6.45, 7) is 7.00. The first-order valence-electron chi connectivity index (χ1n) is 9.38. The Morgan fingerprint density at radius 1 is 1.22 bits per heavy atom. The van der Waals surface area contributed by atoms with Crippen molar-refractivity contribution in [2.45, 2.75) is 26.3 Å². The van der Waals surface area contributed by atoms with Gasteiger partial charge in [0.25, 0.3) is 5.91 Å². The lowest BCUT2D eigenvalue weighted by atomic mass is 10.2. The molecule has 7 nitrogen and oxygen atoms in total. The van der Waals surface area contributed by atoms with Crippen LogP contribution in [0, 0.1) is 0 Å². The lowest BCUT2D eigenvalue weighted by Gasteiger charge is -2.36. The van der Waals surface area contributed by atoms with Gasteiger partial charge in [-0.3, -0.25) is 4.79 Å². The van der Waals surface area contributed by atoms with Crippen molar-refractivity contribution in [1.29, 1.82) is 0 Å². The highest BCUT2D eigenvalue weighted by molar-refractivity contribution is 5.93. The van der Waals surface area contributed by atoms with Gasteiger partial charge in [-0.25, -0.2) is 9.97 Å². The molecule has 1 atom stereocenters. The fraction of sp³-hybridized carbons (Fsp3) is 0.450. The van der Waals surface area contributed by atoms with Crippen LogP contribution in [0.25, 0.3) is 0 Å². The van der Waals surface area contributed by atoms with E-state index in [2.05, 4.69) is 34.0 Å². The molecule has 3 rings (SSSR count). The number of methoxy groups -OCH3 is 1. The summed E-state index contributed by atoms with van der Waals surface area (Å²) in [5.74, 6) is 1.49. The Balaban J connectivity index is 1.64. The molecule has 1 aliphatic rings. The molecule has 2 aromatic rings. The van der Waals surface area contributed by atoms with Crippen molar-refractivity contribution in [2.75, 3.05) is 43.5 Å². The average molecular weight is 369 g/mol. The Hall–Kier alpha value is -2.83. The van der Waals surface area contributed by atoms with Crippen LogP contribution in [0.3, 0.4) is 0 Å². The van der Waals surface area contributed by atoms with Crippen molar-refractivity contribution >= 4 is 17.4 Å². The monoisotopic (exact) mass is 369 g/mol. The number of rotatable bonds is 6. The number of para-hydroxylation sites is 2. The van der Waals surface area contributed by atoms with E-state index < -0.39 is 0 Å². The molecule has 1 fully saturated rings. The minimum absolute atomic E-state index is 0.0516. The van der Waals surface area contributed by atoms with Crippen molar-refractivity contribution in [3.05, 3.63) is 42.4 Å². The van der Waals surface area contributed by atoms with Crippen LogP contribution in [0.15, 0.2) is 36.7 Å². The van der Waals surface area contributed by atoms with Gasteiger partial charge in [-0.2, -0.15) is 0 Å². The number of nitrogens with one attached hydrogen (secondary N) is 1. The van der Waals surface area contributed by atoms with Crippen molar-refractivity contribution < 1.29 is 9.53 Å². The van der Waals surface area contributed by atoms with Crippen LogP contribution < -0.4 is 15.0 Å². The molecular weight excluding hydrogens is 342 g/mol. The molecule has 1 N–H and O–H groups in total. The van der Waals surface area contributed by atoms with Crippen LogP contribution in [0.2, 0.25) is 0 Å². The minimum atomic E-state index is -0.0516. The lowest BCUT2D eigenvalue weighted by molar-refractivity contribution is 0.0740. The summed E-state index contributed by atoms with van der Waals surface area (Å²) in [6, 6.07) is 10.0. The maximum Gasteiger partial charge on any atom is 0.272 e. The van der Waals surface area contributed by atoms with Gasteiger partial charge in [0, 0.05) is 38.3 Å². The van der Waals surface area contributed by atoms with Crippen LogP contribution in [0.1, 0.15) is 30.8 Å². The number of aromatic nitrogens is 2. The molecule has 1 aliphatic heterocycles. The maximum absolute atomic E-state index is 12.8. The van der Waals surface area contributed by atoms with Gasteiger partial charge in [-0.1, -0.05) is 19.1 Å². The normalized spacial score (nSPS) is 15.4. The summed E-state index contributed by atoms with van der Waals surface area (Å²) in [7, 11) is 1.68. The summed E-state index contributed by atoms with van der Waals surface area (Å²) < 4.78 is 5.45. The van der Waals surface area contributed by atoms with Gasteiger partial charge in [0.2, 0.25) is 0 Å². The summed E-state index contributed by atoms with van der Waals surface area (Å²) in [5.41, 5.74) is 1.50. The number of carbonyl (C=O) groups excluding carboxylic acids is 1. The third-order valence-electron chi connectivity index (χ3n) is 4.89. The van der Waals surface area contributed by atoms with Crippen LogP contribution in [-0.4, -0.2) is 60.1 Å². The molecule has 1 aromatic heterocycles. The van der Waals surface area contributed by atoms with Crippen molar-refractivity contribution in [2.24, 2.45) is 0 Å². The first-order valence-corrected chi connectivity index (χ1v) is 9.38. The number of anilines is 2. The predicted octanol–water partition coefficient (Wildman–Crippen LogP) is 2.66. The van der Waals surface area contributed by atoms with Crippen LogP contribution >= 0.6 is 0 Å². The molecule has 0 bridgehead atoms. The average Bonchev–Trinajstić information content (AvgIpc) is 2.73. The number of carbonyl (C=O) groups is 1. The van der Waals surface area contributed by atoms with Crippen LogP contribution in [-0.2, 0) is 0 Å². The third-order valence-corrected chi connectivity index (χ3v) is 4.89. The van der Waals surface area contributed by atoms with E-state index in [-0.39, 0.29) is 5.91 Å². The fourth-order valence-electron chi connectivity index (χ4n) is 3.11. The molecule has 0 aliphatic carbocycles. The van der Waals surface area contributed by atoms with Gasteiger partial charge in [0.15, 0.2) is 0 Å². The zero-order valence-electron chi connectivity index (χ0n) is 16.2. The van der Waals surface area contributed by atoms with Gasteiger partial charge < -0.3 is 19.9 Å². The zero-order valence-corrected chi connectivity index (χ0v) is 16.2. The van der Waals surface area contributed by atoms with E-state index >= 15 is 0 Å². The van der Waals surface area contributed by atoms with Crippen molar-refractivity contribution in [1.82, 2.24) is 14.9 Å². The standard InChI is InChI=1S/C20H27N5O2/c1-4-15(2)23-19-13-16(21-14-22-19)20(26)25-11-9-24(10-12-25)17-7-5-6-8-18(17)27-3/h5-8,13-15H,4,9-12H2,1-3H3,(H,21,22,23). The quantitative estimate of drug-likeness (QED) is 0.844. The summed E-state index contributed by atoms with van der Waals surface area (Å²) in [5, 5.41) is 3.29. The molecule has 144 valence electrons. The van der Waals surface area contributed by atoms with E-state index in [0.717, 1.165) is 30.9 Å². The number of hydrogen-bond donors (Lipinski definition) is 1. The summed E-state index contributed by atoms with van der Waals surface area (Å²) in [6.07, 6.45) is 2.43. The Morgan fingerprint density at radius 3 is 2.67 bits per heavy atom. The van der Waals surface area contributed by atoms with Crippen LogP contribution in [0.4, 0.5) is 11.5 Å². The van der Waals surface area contributed by atoms with Gasteiger partial charge in [-0.15, -0.1) is 0 Å². The second kappa shape index (κ2) is 8.70. The van der Waals surface area contributed by atoms with E-state index in [1.54, 1.807) is 13.2 Å². The first kappa shape index (κ1) is 18.9. The van der Waals surface area contributed by atoms with E-state index in [0.29, 0.717) is 30.6 Å². The third kappa shape index (κ3) is 4.48. The Kier molecular flexibility index (Phi) is 6.11. The zero-order chi connectivity index (χ0) is 19.2. The topological polar surface area (TPSA) is 70.6 Å². The highest BCUT2D eigenvalue weighted by Crippen LogP contribution is 2.28. The van der Waals surface area contributed by atoms with Gasteiger partial charge >= 0.3 is 0 Å². The van der Waals surface area contributed by atoms with E-state index in [1.807, 2.05) is 29.2 Å². The Labute approximate surface area is 160 Å². The second-order valence-electron chi connectivity index (χ2n) is 6.69. The van der Waals surface area contributed by atoms with Crippen LogP contribution in [0.5, 0.6) is 5.75 Å². The molecule has 0 saturated carbocycles. The molecule has 0 radical (unpaired) electrons. The predicted molar refractivity (Wildman–Crippen MR) is 107 cm³/mol. The molecule has 1 saturated heterocycles. The largest absolute Gasteiger partial charge is 0.495 e. The molecule has 2 heterocycles. The van der Waals surface area contributed by atoms with Crippen molar-refractivity contribution in [3.63, 3.8) is 0 Å². The Bertz CT molecular complexity index is 774. The highest BCUT2D eigenvalue weighted by Gasteiger charge is 2.24. The minimum Gasteiger partial charge on any atom is -0.495 e. The number of piperazine rings is 1. The summed E-state index contributed by atoms with van der Waals surface area (Å²) in [4.78, 5) is 25.3. The van der Waals surface area contributed by atoms with E-state index in [4.69, 9.17) is 4.74 Å². The Morgan fingerprint density at radius 2 is 1.96 bits per heavy atom. The number of ether oxygens (including phenoxy) is 1. The van der Waals surface area contributed by atoms with E-state index in [1.165, 1.54) is 6.33 Å². The smallest absolute Gasteiger partial charge is 0.272 e. The molecule has 27 heavy (non-hydrogen) atoms. The SMILES string of the molecule is CCC(C)Nc1cc(C(=O)N2CCN(c3ccccc3OC)CC2)ncn1. The van der Waals surface area contributed by atoms with Gasteiger partial charge in [0.05, 0.1) is 12.8 Å². The molecular formula is C20H27N5O2. The molecule has 1 aromatic carbocycles. The number of benzene rings is 1. The molecule has 0 spiro atoms. The van der Waals surface area contributed by atoms with Gasteiger partial charge in [-0.05, 0) is 25.5 Å². The molecule has 1 amide bonds. The number of hydrogen-bond acceptors (Lipinski definition) is 6. The maximum atomic E-state index is 12.8. The fourth-order valence-corrected chi connectivity index (χ4v) is 3.11. The lowest BCUT2D eigenvalue weighted by Crippen LogP contribution is -2.49. The summed E-state index contributed by atoms with van der Waals surface area (Å²) >= 11 is 0. The van der Waals surface area contributed by atoms with Gasteiger partial charge in [0.1, 0.15) is 23.6 Å². The molecule has 7 heteroatoms. The number of amides is 1. The van der Waals surface area contributed by atoms with E-state index in [9.17, 15) is 4.79 Å². The van der Waals surface area contributed by atoms with Crippen molar-refractivity contribution in [3.8, 4) is 5.75 Å².